The van der Waals surface area contributed by atoms with Crippen LogP contribution in [0.1, 0.15) is 11.1 Å². The molecule has 0 unspecified atom stereocenters. The summed E-state index contributed by atoms with van der Waals surface area (Å²) in [6, 6.07) is 7.22. The third kappa shape index (κ3) is 3.22. The molecule has 0 aliphatic heterocycles. The SMILES string of the molecule is Cc1cc(S(=O)(=O)Oc2ccc(N)c(N)c2)cc(C)c1Cl. The van der Waals surface area contributed by atoms with Crippen LogP contribution in [0.5, 0.6) is 5.75 Å². The van der Waals surface area contributed by atoms with E-state index in [1.54, 1.807) is 13.8 Å². The Morgan fingerprint density at radius 3 is 2.10 bits per heavy atom. The van der Waals surface area contributed by atoms with Crippen LogP contribution in [0, 0.1) is 13.8 Å². The van der Waals surface area contributed by atoms with Gasteiger partial charge < -0.3 is 15.7 Å². The lowest BCUT2D eigenvalue weighted by Crippen LogP contribution is -2.11. The predicted molar refractivity (Wildman–Crippen MR) is 84.0 cm³/mol. The van der Waals surface area contributed by atoms with Gasteiger partial charge in [-0.3, -0.25) is 0 Å². The van der Waals surface area contributed by atoms with E-state index in [1.165, 1.54) is 30.3 Å². The quantitative estimate of drug-likeness (QED) is 0.668. The molecule has 0 saturated carbocycles. The molecule has 0 spiro atoms. The molecule has 21 heavy (non-hydrogen) atoms. The number of nitrogen functional groups attached to an aromatic ring is 2. The van der Waals surface area contributed by atoms with Crippen molar-refractivity contribution in [2.24, 2.45) is 0 Å². The predicted octanol–water partition coefficient (Wildman–Crippen LogP) is 2.89. The van der Waals surface area contributed by atoms with Crippen molar-refractivity contribution in [2.45, 2.75) is 18.7 Å². The van der Waals surface area contributed by atoms with Crippen molar-refractivity contribution in [1.82, 2.24) is 0 Å². The van der Waals surface area contributed by atoms with Crippen molar-refractivity contribution >= 4 is 33.1 Å². The van der Waals surface area contributed by atoms with Gasteiger partial charge in [0, 0.05) is 11.1 Å². The van der Waals surface area contributed by atoms with Crippen LogP contribution in [0.15, 0.2) is 35.2 Å². The lowest BCUT2D eigenvalue weighted by Gasteiger charge is -2.11. The summed E-state index contributed by atoms with van der Waals surface area (Å²) in [7, 11) is -3.96. The van der Waals surface area contributed by atoms with Crippen LogP contribution in [-0.4, -0.2) is 8.42 Å². The van der Waals surface area contributed by atoms with E-state index in [9.17, 15) is 8.42 Å². The molecule has 0 amide bonds. The van der Waals surface area contributed by atoms with Crippen LogP contribution < -0.4 is 15.7 Å². The fourth-order valence-electron chi connectivity index (χ4n) is 1.83. The number of anilines is 2. The Morgan fingerprint density at radius 1 is 1.00 bits per heavy atom. The average Bonchev–Trinajstić information content (AvgIpc) is 2.39. The summed E-state index contributed by atoms with van der Waals surface area (Å²) in [4.78, 5) is 0.0392. The zero-order valence-corrected chi connectivity index (χ0v) is 13.1. The Kier molecular flexibility index (Phi) is 4.02. The van der Waals surface area contributed by atoms with Gasteiger partial charge in [-0.1, -0.05) is 11.6 Å². The van der Waals surface area contributed by atoms with Crippen molar-refractivity contribution < 1.29 is 12.6 Å². The lowest BCUT2D eigenvalue weighted by molar-refractivity contribution is 0.486. The highest BCUT2D eigenvalue weighted by Gasteiger charge is 2.19. The molecular weight excluding hydrogens is 312 g/mol. The highest BCUT2D eigenvalue weighted by atomic mass is 35.5. The van der Waals surface area contributed by atoms with Gasteiger partial charge >= 0.3 is 10.1 Å². The summed E-state index contributed by atoms with van der Waals surface area (Å²) < 4.78 is 29.6. The van der Waals surface area contributed by atoms with Gasteiger partial charge in [0.05, 0.1) is 11.4 Å². The first-order chi connectivity index (χ1) is 9.70. The molecule has 4 N–H and O–H groups in total. The number of aryl methyl sites for hydroxylation is 2. The molecule has 0 saturated heterocycles. The van der Waals surface area contributed by atoms with Crippen LogP contribution >= 0.6 is 11.6 Å². The second kappa shape index (κ2) is 5.46. The maximum Gasteiger partial charge on any atom is 0.339 e. The van der Waals surface area contributed by atoms with Crippen LogP contribution in [0.3, 0.4) is 0 Å². The monoisotopic (exact) mass is 326 g/mol. The molecule has 0 fully saturated rings. The number of nitrogens with two attached hydrogens (primary N) is 2. The molecule has 0 radical (unpaired) electrons. The first-order valence-electron chi connectivity index (χ1n) is 6.07. The molecule has 0 aromatic heterocycles. The van der Waals surface area contributed by atoms with E-state index < -0.39 is 10.1 Å². The topological polar surface area (TPSA) is 95.4 Å². The Bertz CT molecular complexity index is 781. The highest BCUT2D eigenvalue weighted by molar-refractivity contribution is 7.87. The third-order valence-electron chi connectivity index (χ3n) is 2.96. The van der Waals surface area contributed by atoms with Crippen LogP contribution in [0.25, 0.3) is 0 Å². The average molecular weight is 327 g/mol. The minimum atomic E-state index is -3.96. The zero-order valence-electron chi connectivity index (χ0n) is 11.6. The number of rotatable bonds is 3. The molecular formula is C14H15ClN2O3S. The molecule has 2 aromatic rings. The molecule has 2 aromatic carbocycles. The first kappa shape index (κ1) is 15.5. The first-order valence-corrected chi connectivity index (χ1v) is 7.85. The maximum atomic E-state index is 12.3. The van der Waals surface area contributed by atoms with Gasteiger partial charge in [0.1, 0.15) is 10.6 Å². The third-order valence-corrected chi connectivity index (χ3v) is 4.78. The summed E-state index contributed by atoms with van der Waals surface area (Å²) in [5.74, 6) is 0.104. The van der Waals surface area contributed by atoms with Crippen LogP contribution in [0.2, 0.25) is 5.02 Å². The minimum absolute atomic E-state index is 0.0392. The van der Waals surface area contributed by atoms with E-state index >= 15 is 0 Å². The van der Waals surface area contributed by atoms with Gasteiger partial charge in [0.15, 0.2) is 0 Å². The summed E-state index contributed by atoms with van der Waals surface area (Å²) >= 11 is 6.03. The van der Waals surface area contributed by atoms with Crippen LogP contribution in [0.4, 0.5) is 11.4 Å². The standard InChI is InChI=1S/C14H15ClN2O3S/c1-8-5-11(6-9(2)14(8)15)21(18,19)20-10-3-4-12(16)13(17)7-10/h3-7H,16-17H2,1-2H3. The molecule has 112 valence electrons. The van der Waals surface area contributed by atoms with E-state index in [2.05, 4.69) is 0 Å². The number of halogens is 1. The van der Waals surface area contributed by atoms with E-state index in [1.807, 2.05) is 0 Å². The van der Waals surface area contributed by atoms with Gasteiger partial charge in [-0.15, -0.1) is 0 Å². The Hall–Kier alpha value is -1.92. The Morgan fingerprint density at radius 2 is 1.57 bits per heavy atom. The molecule has 2 rings (SSSR count). The Balaban J connectivity index is 2.40. The van der Waals surface area contributed by atoms with Gasteiger partial charge in [0.25, 0.3) is 0 Å². The smallest absolute Gasteiger partial charge is 0.339 e. The summed E-state index contributed by atoms with van der Waals surface area (Å²) in [6.45, 7) is 3.46. The fraction of sp³-hybridized carbons (Fsp3) is 0.143. The van der Waals surface area contributed by atoms with Gasteiger partial charge in [-0.2, -0.15) is 8.42 Å². The molecule has 5 nitrogen and oxygen atoms in total. The highest BCUT2D eigenvalue weighted by Crippen LogP contribution is 2.28. The van der Waals surface area contributed by atoms with Gasteiger partial charge in [-0.05, 0) is 49.2 Å². The van der Waals surface area contributed by atoms with E-state index in [0.29, 0.717) is 21.8 Å². The Labute approximate surface area is 128 Å². The van der Waals surface area contributed by atoms with Gasteiger partial charge in [-0.25, -0.2) is 0 Å². The molecule has 0 heterocycles. The van der Waals surface area contributed by atoms with Crippen molar-refractivity contribution in [3.05, 3.63) is 46.5 Å². The van der Waals surface area contributed by atoms with Crippen LogP contribution in [-0.2, 0) is 10.1 Å². The van der Waals surface area contributed by atoms with Crippen molar-refractivity contribution in [2.75, 3.05) is 11.5 Å². The summed E-state index contributed by atoms with van der Waals surface area (Å²) in [5.41, 5.74) is 13.1. The van der Waals surface area contributed by atoms with E-state index in [-0.39, 0.29) is 16.3 Å². The van der Waals surface area contributed by atoms with E-state index in [4.69, 9.17) is 27.3 Å². The zero-order chi connectivity index (χ0) is 15.8. The molecule has 0 aliphatic carbocycles. The summed E-state index contributed by atoms with van der Waals surface area (Å²) in [6.07, 6.45) is 0. The molecule has 0 atom stereocenters. The molecule has 0 aliphatic rings. The minimum Gasteiger partial charge on any atom is -0.397 e. The molecule has 7 heteroatoms. The molecule has 0 bridgehead atoms. The largest absolute Gasteiger partial charge is 0.397 e. The second-order valence-electron chi connectivity index (χ2n) is 4.70. The van der Waals surface area contributed by atoms with Crippen molar-refractivity contribution in [3.63, 3.8) is 0 Å². The van der Waals surface area contributed by atoms with Crippen molar-refractivity contribution in [1.29, 1.82) is 0 Å². The number of hydrogen-bond donors (Lipinski definition) is 2. The lowest BCUT2D eigenvalue weighted by atomic mass is 10.2. The number of hydrogen-bond acceptors (Lipinski definition) is 5. The number of benzene rings is 2. The normalized spacial score (nSPS) is 11.4. The van der Waals surface area contributed by atoms with Gasteiger partial charge in [0.2, 0.25) is 0 Å². The second-order valence-corrected chi connectivity index (χ2v) is 6.62. The summed E-state index contributed by atoms with van der Waals surface area (Å²) in [5, 5.41) is 0.533. The van der Waals surface area contributed by atoms with Crippen molar-refractivity contribution in [3.8, 4) is 5.75 Å². The van der Waals surface area contributed by atoms with E-state index in [0.717, 1.165) is 0 Å². The fourth-order valence-corrected chi connectivity index (χ4v) is 3.03. The maximum absolute atomic E-state index is 12.3.